The van der Waals surface area contributed by atoms with Crippen LogP contribution < -0.4 is 14.6 Å². The van der Waals surface area contributed by atoms with E-state index in [0.29, 0.717) is 25.4 Å². The zero-order valence-corrected chi connectivity index (χ0v) is 25.9. The van der Waals surface area contributed by atoms with Crippen LogP contribution in [0.2, 0.25) is 0 Å². The molecule has 4 aromatic rings. The van der Waals surface area contributed by atoms with E-state index in [-0.39, 0.29) is 10.6 Å². The number of thiophene rings is 1. The van der Waals surface area contributed by atoms with Crippen LogP contribution in [0.4, 0.5) is 0 Å². The van der Waals surface area contributed by atoms with Gasteiger partial charge in [-0.1, -0.05) is 42.5 Å². The van der Waals surface area contributed by atoms with Gasteiger partial charge in [0, 0.05) is 6.42 Å². The summed E-state index contributed by atoms with van der Waals surface area (Å²) < 4.78 is 41.5. The van der Waals surface area contributed by atoms with Gasteiger partial charge in [0.15, 0.2) is 0 Å². The van der Waals surface area contributed by atoms with E-state index in [1.807, 2.05) is 67.6 Å². The fourth-order valence-corrected chi connectivity index (χ4v) is 7.21. The first-order valence-corrected chi connectivity index (χ1v) is 16.1. The third-order valence-electron chi connectivity index (χ3n) is 5.70. The smallest absolute Gasteiger partial charge is 0.290 e. The van der Waals surface area contributed by atoms with Crippen molar-refractivity contribution in [2.75, 3.05) is 13.2 Å². The average Bonchev–Trinajstić information content (AvgIpc) is 3.45. The predicted molar refractivity (Wildman–Crippen MR) is 161 cm³/mol. The van der Waals surface area contributed by atoms with Crippen LogP contribution in [0.15, 0.2) is 95.7 Å². The van der Waals surface area contributed by atoms with Crippen LogP contribution in [0, 0.1) is 6.92 Å². The molecule has 0 aliphatic rings. The molecular weight excluding hydrogens is 666 g/mol. The number of halogens is 2. The Bertz CT molecular complexity index is 1530. The SMILES string of the molecule is Cc1cccc(OCCCOc2c(Br)cc(-c3ccccc3CC/C([O-])=N/S(=O)(=O)c3cccs3)cc2Br)c1. The third kappa shape index (κ3) is 8.17. The second kappa shape index (κ2) is 13.6. The van der Waals surface area contributed by atoms with Gasteiger partial charge in [-0.05, 0) is 115 Å². The first-order valence-electron chi connectivity index (χ1n) is 12.2. The molecule has 1 aromatic heterocycles. The van der Waals surface area contributed by atoms with Crippen LogP contribution >= 0.6 is 43.2 Å². The standard InChI is InChI=1S/C29H27Br2NO5S2/c1-20-7-4-9-23(17-20)36-14-6-15-37-29-25(30)18-22(19-26(29)31)24-10-3-2-8-21(24)12-13-27(33)32-39(34,35)28-11-5-16-38-28/h2-5,7-11,16-19H,6,12-15H2,1H3,(H,32,33)/p-1. The third-order valence-corrected chi connectivity index (χ3v) is 9.55. The highest BCUT2D eigenvalue weighted by Gasteiger charge is 2.15. The number of hydrogen-bond acceptors (Lipinski definition) is 6. The Morgan fingerprint density at radius 2 is 1.69 bits per heavy atom. The normalized spacial score (nSPS) is 11.9. The Morgan fingerprint density at radius 3 is 2.41 bits per heavy atom. The van der Waals surface area contributed by atoms with E-state index in [2.05, 4.69) is 36.3 Å². The molecule has 0 saturated heterocycles. The van der Waals surface area contributed by atoms with Gasteiger partial charge in [0.05, 0.1) is 22.2 Å². The van der Waals surface area contributed by atoms with Gasteiger partial charge < -0.3 is 14.6 Å². The number of ether oxygens (including phenoxy) is 2. The molecule has 1 heterocycles. The molecule has 0 radical (unpaired) electrons. The van der Waals surface area contributed by atoms with E-state index in [1.54, 1.807) is 11.4 Å². The van der Waals surface area contributed by atoms with Gasteiger partial charge in [-0.2, -0.15) is 12.8 Å². The molecule has 10 heteroatoms. The number of hydrogen-bond donors (Lipinski definition) is 0. The molecule has 0 aliphatic carbocycles. The molecule has 0 atom stereocenters. The lowest BCUT2D eigenvalue weighted by molar-refractivity contribution is -0.218. The van der Waals surface area contributed by atoms with Crippen LogP contribution in [-0.4, -0.2) is 27.5 Å². The van der Waals surface area contributed by atoms with Crippen molar-refractivity contribution in [2.24, 2.45) is 4.40 Å². The summed E-state index contributed by atoms with van der Waals surface area (Å²) in [4.78, 5) is 0. The Morgan fingerprint density at radius 1 is 0.949 bits per heavy atom. The van der Waals surface area contributed by atoms with E-state index in [0.717, 1.165) is 54.7 Å². The van der Waals surface area contributed by atoms with Gasteiger partial charge in [-0.25, -0.2) is 0 Å². The maximum Gasteiger partial charge on any atom is 0.290 e. The number of sulfonamides is 1. The molecule has 0 unspecified atom stereocenters. The minimum atomic E-state index is -3.97. The van der Waals surface area contributed by atoms with Crippen molar-refractivity contribution < 1.29 is 23.0 Å². The molecule has 0 amide bonds. The molecule has 6 nitrogen and oxygen atoms in total. The van der Waals surface area contributed by atoms with Crippen LogP contribution in [-0.2, 0) is 16.4 Å². The van der Waals surface area contributed by atoms with E-state index in [9.17, 15) is 13.5 Å². The molecule has 0 fully saturated rings. The van der Waals surface area contributed by atoms with Crippen molar-refractivity contribution in [1.82, 2.24) is 0 Å². The van der Waals surface area contributed by atoms with Crippen molar-refractivity contribution in [3.8, 4) is 22.6 Å². The van der Waals surface area contributed by atoms with Gasteiger partial charge >= 0.3 is 0 Å². The summed E-state index contributed by atoms with van der Waals surface area (Å²) in [7, 11) is -3.97. The number of aryl methyl sites for hydroxylation is 2. The van der Waals surface area contributed by atoms with Crippen molar-refractivity contribution in [3.05, 3.63) is 98.2 Å². The first-order chi connectivity index (χ1) is 18.7. The highest BCUT2D eigenvalue weighted by Crippen LogP contribution is 2.39. The van der Waals surface area contributed by atoms with Crippen molar-refractivity contribution in [1.29, 1.82) is 0 Å². The van der Waals surface area contributed by atoms with Crippen LogP contribution in [0.3, 0.4) is 0 Å². The second-order valence-electron chi connectivity index (χ2n) is 8.69. The largest absolute Gasteiger partial charge is 0.861 e. The second-order valence-corrected chi connectivity index (χ2v) is 13.2. The van der Waals surface area contributed by atoms with E-state index >= 15 is 0 Å². The van der Waals surface area contributed by atoms with E-state index in [4.69, 9.17) is 9.47 Å². The lowest BCUT2D eigenvalue weighted by atomic mass is 9.96. The maximum atomic E-state index is 12.4. The topological polar surface area (TPSA) is 88.0 Å². The minimum absolute atomic E-state index is 0.0181. The quantitative estimate of drug-likeness (QED) is 0.0893. The van der Waals surface area contributed by atoms with Gasteiger partial charge in [-0.15, -0.1) is 11.3 Å². The van der Waals surface area contributed by atoms with E-state index in [1.165, 1.54) is 6.07 Å². The fraction of sp³-hybridized carbons (Fsp3) is 0.207. The zero-order valence-electron chi connectivity index (χ0n) is 21.1. The summed E-state index contributed by atoms with van der Waals surface area (Å²) >= 11 is 8.29. The van der Waals surface area contributed by atoms with Crippen molar-refractivity contribution in [3.63, 3.8) is 0 Å². The molecule has 4 rings (SSSR count). The Balaban J connectivity index is 1.39. The lowest BCUT2D eigenvalue weighted by Gasteiger charge is -2.16. The summed E-state index contributed by atoms with van der Waals surface area (Å²) in [5.41, 5.74) is 3.93. The monoisotopic (exact) mass is 690 g/mol. The number of benzene rings is 3. The van der Waals surface area contributed by atoms with Crippen LogP contribution in [0.5, 0.6) is 11.5 Å². The molecule has 0 saturated carbocycles. The van der Waals surface area contributed by atoms with Gasteiger partial charge in [0.1, 0.15) is 15.7 Å². The van der Waals surface area contributed by atoms with Crippen molar-refractivity contribution in [2.45, 2.75) is 30.4 Å². The molecule has 0 aliphatic heterocycles. The summed E-state index contributed by atoms with van der Waals surface area (Å²) in [5, 5.41) is 14.0. The molecule has 3 aromatic carbocycles. The van der Waals surface area contributed by atoms with Gasteiger partial charge in [-0.3, -0.25) is 0 Å². The van der Waals surface area contributed by atoms with E-state index < -0.39 is 15.9 Å². The fourth-order valence-electron chi connectivity index (χ4n) is 3.88. The van der Waals surface area contributed by atoms with Crippen LogP contribution in [0.25, 0.3) is 11.1 Å². The summed E-state index contributed by atoms with van der Waals surface area (Å²) in [6, 6.07) is 22.6. The summed E-state index contributed by atoms with van der Waals surface area (Å²) in [5.74, 6) is 0.870. The first kappa shape index (κ1) is 29.3. The Kier molecular flexibility index (Phi) is 10.2. The summed E-state index contributed by atoms with van der Waals surface area (Å²) in [6.07, 6.45) is 1.06. The molecular formula is C29H26Br2NO5S2-. The summed E-state index contributed by atoms with van der Waals surface area (Å²) in [6.45, 7) is 3.06. The van der Waals surface area contributed by atoms with Crippen LogP contribution in [0.1, 0.15) is 24.0 Å². The maximum absolute atomic E-state index is 12.4. The molecule has 0 spiro atoms. The molecule has 0 N–H and O–H groups in total. The Hall–Kier alpha value is -2.66. The number of rotatable bonds is 12. The highest BCUT2D eigenvalue weighted by molar-refractivity contribution is 9.11. The Labute approximate surface area is 249 Å². The highest BCUT2D eigenvalue weighted by atomic mass is 79.9. The van der Waals surface area contributed by atoms with Crippen molar-refractivity contribution >= 4 is 59.1 Å². The average molecular weight is 692 g/mol. The predicted octanol–water partition coefficient (Wildman–Crippen LogP) is 7.18. The lowest BCUT2D eigenvalue weighted by Crippen LogP contribution is -2.20. The molecule has 204 valence electrons. The number of nitrogens with zero attached hydrogens (tertiary/aromatic N) is 1. The molecule has 0 bridgehead atoms. The minimum Gasteiger partial charge on any atom is -0.861 e. The van der Waals surface area contributed by atoms with Gasteiger partial charge in [0.25, 0.3) is 10.0 Å². The zero-order chi connectivity index (χ0) is 27.8. The van der Waals surface area contributed by atoms with Gasteiger partial charge in [0.2, 0.25) is 0 Å². The molecule has 39 heavy (non-hydrogen) atoms.